The summed E-state index contributed by atoms with van der Waals surface area (Å²) in [6.45, 7) is -0.278. The minimum absolute atomic E-state index is 0. The molecule has 0 unspecified atom stereocenters. The van der Waals surface area contributed by atoms with Crippen LogP contribution in [0.15, 0.2) is 15.9 Å². The number of aromatic nitrogens is 4. The largest absolute Gasteiger partial charge is 1.00 e. The van der Waals surface area contributed by atoms with Gasteiger partial charge in [-0.15, -0.1) is 0 Å². The number of nitrogens with two attached hydrogens (primary N) is 1. The van der Waals surface area contributed by atoms with Gasteiger partial charge in [-0.1, -0.05) is 0 Å². The van der Waals surface area contributed by atoms with E-state index in [4.69, 9.17) is 5.11 Å². The number of hydrogen-bond acceptors (Lipinski definition) is 5. The van der Waals surface area contributed by atoms with Gasteiger partial charge in [0.2, 0.25) is 0 Å². The van der Waals surface area contributed by atoms with Gasteiger partial charge in [0.1, 0.15) is 5.52 Å². The molecule has 0 aliphatic heterocycles. The maximum Gasteiger partial charge on any atom is 1.00 e. The maximum absolute atomic E-state index is 11.4. The molecule has 0 radical (unpaired) electrons. The standard InChI is InChI=1S/C7H8N4O2.C2H5NO2.Na/c1-10-5-4(8-3-9-5)6(12)11(2)7(10)13;3-1-2(4)5;/h3H,1-2H3,(H,8,9);1,3H2,(H,4,5);/q;;+1. The molecule has 2 heterocycles. The second kappa shape index (κ2) is 7.24. The normalized spacial score (nSPS) is 9.42. The van der Waals surface area contributed by atoms with Crippen LogP contribution in [0.25, 0.3) is 11.2 Å². The molecule has 0 saturated carbocycles. The molecular formula is C9H13N5NaO4+. The first-order valence-electron chi connectivity index (χ1n) is 4.91. The SMILES string of the molecule is Cn1c(=O)c2[nH]cnc2n(C)c1=O.NCC(=O)O.[Na+]. The van der Waals surface area contributed by atoms with Gasteiger partial charge in [-0.05, 0) is 0 Å². The number of carboxylic acid groups (broad SMARTS) is 1. The van der Waals surface area contributed by atoms with Crippen LogP contribution in [0, 0.1) is 0 Å². The van der Waals surface area contributed by atoms with Crippen LogP contribution in [0.2, 0.25) is 0 Å². The van der Waals surface area contributed by atoms with Gasteiger partial charge in [-0.2, -0.15) is 0 Å². The first-order chi connectivity index (χ1) is 8.40. The van der Waals surface area contributed by atoms with Crippen LogP contribution < -0.4 is 46.5 Å². The molecule has 98 valence electrons. The molecule has 0 bridgehead atoms. The Kier molecular flexibility index (Phi) is 6.70. The Labute approximate surface area is 129 Å². The third-order valence-electron chi connectivity index (χ3n) is 2.20. The van der Waals surface area contributed by atoms with Gasteiger partial charge in [0, 0.05) is 14.1 Å². The molecule has 10 heteroatoms. The molecule has 0 amide bonds. The molecule has 0 spiro atoms. The van der Waals surface area contributed by atoms with Crippen molar-refractivity contribution in [1.82, 2.24) is 19.1 Å². The number of aryl methyl sites for hydroxylation is 1. The summed E-state index contributed by atoms with van der Waals surface area (Å²) in [5.74, 6) is -0.968. The van der Waals surface area contributed by atoms with Crippen LogP contribution in [-0.4, -0.2) is 36.7 Å². The topological polar surface area (TPSA) is 136 Å². The third-order valence-corrected chi connectivity index (χ3v) is 2.20. The van der Waals surface area contributed by atoms with Gasteiger partial charge in [0.15, 0.2) is 5.65 Å². The zero-order valence-electron chi connectivity index (χ0n) is 10.9. The molecule has 0 saturated heterocycles. The Balaban J connectivity index is 0.000000471. The number of aliphatic carboxylic acids is 1. The zero-order chi connectivity index (χ0) is 13.9. The van der Waals surface area contributed by atoms with Crippen molar-refractivity contribution in [3.63, 3.8) is 0 Å². The number of H-pyrrole nitrogens is 1. The summed E-state index contributed by atoms with van der Waals surface area (Å²) in [6, 6.07) is 0. The zero-order valence-corrected chi connectivity index (χ0v) is 12.9. The van der Waals surface area contributed by atoms with Gasteiger partial charge < -0.3 is 15.8 Å². The third kappa shape index (κ3) is 3.77. The predicted octanol–water partition coefficient (Wildman–Crippen LogP) is -5.01. The van der Waals surface area contributed by atoms with Crippen molar-refractivity contribution in [2.75, 3.05) is 6.54 Å². The van der Waals surface area contributed by atoms with E-state index in [1.807, 2.05) is 0 Å². The van der Waals surface area contributed by atoms with Crippen molar-refractivity contribution < 1.29 is 39.5 Å². The first-order valence-corrected chi connectivity index (χ1v) is 4.91. The quantitative estimate of drug-likeness (QED) is 0.447. The molecule has 4 N–H and O–H groups in total. The van der Waals surface area contributed by atoms with Crippen LogP contribution in [0.3, 0.4) is 0 Å². The molecule has 19 heavy (non-hydrogen) atoms. The van der Waals surface area contributed by atoms with Gasteiger partial charge in [-0.3, -0.25) is 18.7 Å². The van der Waals surface area contributed by atoms with E-state index in [0.29, 0.717) is 11.2 Å². The minimum Gasteiger partial charge on any atom is -0.480 e. The van der Waals surface area contributed by atoms with Gasteiger partial charge in [0.25, 0.3) is 5.56 Å². The molecule has 0 fully saturated rings. The maximum atomic E-state index is 11.4. The van der Waals surface area contributed by atoms with E-state index in [9.17, 15) is 14.4 Å². The van der Waals surface area contributed by atoms with Crippen molar-refractivity contribution in [1.29, 1.82) is 0 Å². The molecule has 2 rings (SSSR count). The van der Waals surface area contributed by atoms with Gasteiger partial charge in [0.05, 0.1) is 12.9 Å². The Morgan fingerprint density at radius 2 is 1.95 bits per heavy atom. The van der Waals surface area contributed by atoms with Crippen molar-refractivity contribution in [2.45, 2.75) is 0 Å². The predicted molar refractivity (Wildman–Crippen MR) is 63.3 cm³/mol. The molecule has 0 aliphatic carbocycles. The first kappa shape index (κ1) is 17.6. The Morgan fingerprint density at radius 3 is 2.42 bits per heavy atom. The summed E-state index contributed by atoms with van der Waals surface area (Å²) >= 11 is 0. The minimum atomic E-state index is -0.968. The van der Waals surface area contributed by atoms with Crippen LogP contribution >= 0.6 is 0 Å². The Bertz CT molecular complexity index is 686. The number of nitrogens with one attached hydrogen (secondary N) is 1. The molecule has 0 aliphatic rings. The van der Waals surface area contributed by atoms with E-state index in [0.717, 1.165) is 4.57 Å². The van der Waals surface area contributed by atoms with Crippen LogP contribution in [0.5, 0.6) is 0 Å². The second-order valence-corrected chi connectivity index (χ2v) is 3.40. The number of carbonyl (C=O) groups is 1. The van der Waals surface area contributed by atoms with Crippen molar-refractivity contribution >= 4 is 17.1 Å². The summed E-state index contributed by atoms with van der Waals surface area (Å²) in [7, 11) is 3.01. The Hall–Kier alpha value is -1.42. The summed E-state index contributed by atoms with van der Waals surface area (Å²) < 4.78 is 2.37. The average molecular weight is 278 g/mol. The van der Waals surface area contributed by atoms with E-state index in [1.165, 1.54) is 17.9 Å². The summed E-state index contributed by atoms with van der Waals surface area (Å²) in [4.78, 5) is 38.6. The fourth-order valence-electron chi connectivity index (χ4n) is 1.27. The van der Waals surface area contributed by atoms with E-state index >= 15 is 0 Å². The van der Waals surface area contributed by atoms with E-state index in [2.05, 4.69) is 15.7 Å². The van der Waals surface area contributed by atoms with Crippen molar-refractivity contribution in [3.8, 4) is 0 Å². The number of fused-ring (bicyclic) bond motifs is 1. The molecule has 2 aromatic heterocycles. The van der Waals surface area contributed by atoms with E-state index in [1.54, 1.807) is 7.05 Å². The van der Waals surface area contributed by atoms with Crippen LogP contribution in [0.1, 0.15) is 0 Å². The van der Waals surface area contributed by atoms with Crippen LogP contribution in [0.4, 0.5) is 0 Å². The average Bonchev–Trinajstić information content (AvgIpc) is 2.83. The monoisotopic (exact) mass is 278 g/mol. The molecule has 0 atom stereocenters. The van der Waals surface area contributed by atoms with Gasteiger partial charge in [-0.25, -0.2) is 9.78 Å². The molecule has 2 aromatic rings. The number of carboxylic acids is 1. The molecule has 9 nitrogen and oxygen atoms in total. The molecular weight excluding hydrogens is 265 g/mol. The van der Waals surface area contributed by atoms with Crippen molar-refractivity contribution in [2.24, 2.45) is 19.8 Å². The number of rotatable bonds is 1. The smallest absolute Gasteiger partial charge is 0.480 e. The summed E-state index contributed by atoms with van der Waals surface area (Å²) in [5, 5.41) is 7.60. The molecule has 0 aromatic carbocycles. The van der Waals surface area contributed by atoms with E-state index < -0.39 is 5.97 Å². The van der Waals surface area contributed by atoms with Crippen LogP contribution in [-0.2, 0) is 18.9 Å². The summed E-state index contributed by atoms with van der Waals surface area (Å²) in [5.41, 5.74) is 4.58. The number of aromatic amines is 1. The van der Waals surface area contributed by atoms with Gasteiger partial charge >= 0.3 is 41.2 Å². The number of imidazole rings is 1. The van der Waals surface area contributed by atoms with E-state index in [-0.39, 0.29) is 47.4 Å². The fraction of sp³-hybridized carbons (Fsp3) is 0.333. The number of hydrogen-bond donors (Lipinski definition) is 3. The van der Waals surface area contributed by atoms with Crippen molar-refractivity contribution in [3.05, 3.63) is 27.2 Å². The number of nitrogens with zero attached hydrogens (tertiary/aromatic N) is 3. The fourth-order valence-corrected chi connectivity index (χ4v) is 1.27. The summed E-state index contributed by atoms with van der Waals surface area (Å²) in [6.07, 6.45) is 1.39. The Morgan fingerprint density at radius 1 is 1.42 bits per heavy atom. The second-order valence-electron chi connectivity index (χ2n) is 3.40.